The highest BCUT2D eigenvalue weighted by Crippen LogP contribution is 2.30. The Morgan fingerprint density at radius 3 is 2.62 bits per heavy atom. The lowest BCUT2D eigenvalue weighted by Crippen LogP contribution is -2.45. The van der Waals surface area contributed by atoms with E-state index in [1.54, 1.807) is 0 Å². The molecule has 0 aromatic heterocycles. The van der Waals surface area contributed by atoms with Crippen LogP contribution in [0.2, 0.25) is 0 Å². The molecule has 0 spiro atoms. The summed E-state index contributed by atoms with van der Waals surface area (Å²) in [5, 5.41) is 6.43. The second-order valence-electron chi connectivity index (χ2n) is 8.24. The predicted octanol–water partition coefficient (Wildman–Crippen LogP) is 3.73. The maximum atomic E-state index is 12.8. The van der Waals surface area contributed by atoms with Gasteiger partial charge in [0.05, 0.1) is 19.7 Å². The van der Waals surface area contributed by atoms with E-state index in [0.717, 1.165) is 37.4 Å². The zero-order valence-corrected chi connectivity index (χ0v) is 21.0. The van der Waals surface area contributed by atoms with Crippen LogP contribution < -0.4 is 15.4 Å². The number of nitrogens with zero attached hydrogens (tertiary/aromatic N) is 2. The molecule has 0 atom stereocenters. The van der Waals surface area contributed by atoms with Gasteiger partial charge < -0.3 is 20.3 Å². The number of hydrogen-bond donors (Lipinski definition) is 2. The Morgan fingerprint density at radius 2 is 1.84 bits per heavy atom. The summed E-state index contributed by atoms with van der Waals surface area (Å²) in [5.41, 5.74) is 3.64. The number of halogens is 1. The number of rotatable bonds is 8. The normalized spacial score (nSPS) is 15.4. The minimum atomic E-state index is 0. The van der Waals surface area contributed by atoms with E-state index in [4.69, 9.17) is 4.74 Å². The fourth-order valence-electron chi connectivity index (χ4n) is 3.75. The van der Waals surface area contributed by atoms with E-state index in [-0.39, 0.29) is 36.4 Å². The van der Waals surface area contributed by atoms with Gasteiger partial charge in [0.15, 0.2) is 5.96 Å². The van der Waals surface area contributed by atoms with E-state index in [1.165, 1.54) is 24.0 Å². The van der Waals surface area contributed by atoms with E-state index >= 15 is 0 Å². The summed E-state index contributed by atoms with van der Waals surface area (Å²) in [6, 6.07) is 16.4. The van der Waals surface area contributed by atoms with Gasteiger partial charge in [0, 0.05) is 25.2 Å². The fraction of sp³-hybridized carbons (Fsp3) is 0.440. The lowest BCUT2D eigenvalue weighted by Gasteiger charge is -2.29. The van der Waals surface area contributed by atoms with Gasteiger partial charge in [0.25, 0.3) is 0 Å². The quantitative estimate of drug-likeness (QED) is 0.300. The van der Waals surface area contributed by atoms with Crippen LogP contribution in [-0.2, 0) is 24.3 Å². The first-order valence-electron chi connectivity index (χ1n) is 11.3. The number of fused-ring (bicyclic) bond motifs is 1. The Kier molecular flexibility index (Phi) is 9.20. The first kappa shape index (κ1) is 24.4. The molecular weight excluding hydrogens is 515 g/mol. The molecule has 1 fully saturated rings. The molecule has 7 heteroatoms. The molecule has 4 rings (SSSR count). The molecule has 1 heterocycles. The van der Waals surface area contributed by atoms with Gasteiger partial charge in [-0.1, -0.05) is 42.5 Å². The summed E-state index contributed by atoms with van der Waals surface area (Å²) in [7, 11) is 0. The first-order valence-corrected chi connectivity index (χ1v) is 11.3. The van der Waals surface area contributed by atoms with Crippen molar-refractivity contribution in [3.05, 3.63) is 65.2 Å². The van der Waals surface area contributed by atoms with Crippen LogP contribution in [0.15, 0.2) is 53.5 Å². The van der Waals surface area contributed by atoms with Crippen LogP contribution in [0, 0.1) is 5.92 Å². The number of hydrogen-bond acceptors (Lipinski definition) is 3. The number of carbonyl (C=O) groups excluding carboxylic acids is 1. The number of ether oxygens (including phenoxy) is 1. The van der Waals surface area contributed by atoms with Crippen molar-refractivity contribution in [1.82, 2.24) is 15.5 Å². The van der Waals surface area contributed by atoms with Crippen LogP contribution in [0.25, 0.3) is 0 Å². The molecule has 1 aliphatic carbocycles. The monoisotopic (exact) mass is 548 g/mol. The van der Waals surface area contributed by atoms with Crippen LogP contribution >= 0.6 is 24.0 Å². The Morgan fingerprint density at radius 1 is 1.09 bits per heavy atom. The molecule has 6 nitrogen and oxygen atoms in total. The lowest BCUT2D eigenvalue weighted by molar-refractivity contribution is -0.130. The SMILES string of the molecule is CCNC(=NCc1ccccc1OCC1CC1)NCC(=O)N1CCc2ccccc2C1.I. The topological polar surface area (TPSA) is 66.0 Å². The molecule has 2 aromatic carbocycles. The molecule has 0 unspecified atom stereocenters. The van der Waals surface area contributed by atoms with Crippen molar-refractivity contribution in [2.24, 2.45) is 10.9 Å². The van der Waals surface area contributed by atoms with Gasteiger partial charge in [-0.25, -0.2) is 4.99 Å². The Hall–Kier alpha value is -2.29. The number of amides is 1. The minimum absolute atomic E-state index is 0. The van der Waals surface area contributed by atoms with E-state index in [2.05, 4.69) is 33.8 Å². The Labute approximate surface area is 207 Å². The molecule has 0 radical (unpaired) electrons. The first-order chi connectivity index (χ1) is 15.2. The molecule has 172 valence electrons. The number of aliphatic imine (C=N–C) groups is 1. The fourth-order valence-corrected chi connectivity index (χ4v) is 3.75. The molecule has 1 amide bonds. The molecule has 2 N–H and O–H groups in total. The maximum absolute atomic E-state index is 12.8. The van der Waals surface area contributed by atoms with Crippen molar-refractivity contribution < 1.29 is 9.53 Å². The van der Waals surface area contributed by atoms with Crippen molar-refractivity contribution in [2.75, 3.05) is 26.2 Å². The van der Waals surface area contributed by atoms with Gasteiger partial charge in [-0.3, -0.25) is 4.79 Å². The van der Waals surface area contributed by atoms with Crippen LogP contribution in [-0.4, -0.2) is 43.0 Å². The third kappa shape index (κ3) is 6.85. The molecule has 32 heavy (non-hydrogen) atoms. The second kappa shape index (κ2) is 12.1. The highest BCUT2D eigenvalue weighted by atomic mass is 127. The van der Waals surface area contributed by atoms with Gasteiger partial charge in [0.1, 0.15) is 5.75 Å². The summed E-state index contributed by atoms with van der Waals surface area (Å²) in [6.45, 7) is 5.71. The zero-order chi connectivity index (χ0) is 21.5. The Balaban J connectivity index is 0.00000289. The standard InChI is InChI=1S/C25H32N4O2.HI/c1-2-26-25(27-15-21-8-5-6-10-23(21)31-18-19-11-12-19)28-16-24(30)29-14-13-20-7-3-4-9-22(20)17-29;/h3-10,19H,2,11-18H2,1H3,(H2,26,27,28);1H. The number of carbonyl (C=O) groups is 1. The van der Waals surface area contributed by atoms with E-state index in [0.29, 0.717) is 25.0 Å². The van der Waals surface area contributed by atoms with E-state index in [1.807, 2.05) is 42.2 Å². The Bertz CT molecular complexity index is 930. The van der Waals surface area contributed by atoms with Crippen LogP contribution in [0.5, 0.6) is 5.75 Å². The summed E-state index contributed by atoms with van der Waals surface area (Å²) in [6.07, 6.45) is 3.45. The zero-order valence-electron chi connectivity index (χ0n) is 18.7. The summed E-state index contributed by atoms with van der Waals surface area (Å²) < 4.78 is 5.99. The molecular formula is C25H33IN4O2. The highest BCUT2D eigenvalue weighted by Gasteiger charge is 2.22. The van der Waals surface area contributed by atoms with Crippen molar-refractivity contribution in [3.8, 4) is 5.75 Å². The number of benzene rings is 2. The van der Waals surface area contributed by atoms with Crippen molar-refractivity contribution >= 4 is 35.8 Å². The van der Waals surface area contributed by atoms with Gasteiger partial charge >= 0.3 is 0 Å². The molecule has 1 aliphatic heterocycles. The minimum Gasteiger partial charge on any atom is -0.493 e. The maximum Gasteiger partial charge on any atom is 0.242 e. The average molecular weight is 548 g/mol. The molecule has 1 saturated carbocycles. The molecule has 0 bridgehead atoms. The van der Waals surface area contributed by atoms with Gasteiger partial charge in [-0.05, 0) is 49.3 Å². The van der Waals surface area contributed by atoms with Gasteiger partial charge in [-0.2, -0.15) is 0 Å². The summed E-state index contributed by atoms with van der Waals surface area (Å²) in [4.78, 5) is 19.4. The molecule has 2 aliphatic rings. The van der Waals surface area contributed by atoms with Crippen molar-refractivity contribution in [3.63, 3.8) is 0 Å². The second-order valence-corrected chi connectivity index (χ2v) is 8.24. The van der Waals surface area contributed by atoms with E-state index < -0.39 is 0 Å². The smallest absolute Gasteiger partial charge is 0.242 e. The van der Waals surface area contributed by atoms with Crippen LogP contribution in [0.1, 0.15) is 36.5 Å². The van der Waals surface area contributed by atoms with Crippen LogP contribution in [0.4, 0.5) is 0 Å². The third-order valence-corrected chi connectivity index (χ3v) is 5.79. The van der Waals surface area contributed by atoms with Gasteiger partial charge in [0.2, 0.25) is 5.91 Å². The van der Waals surface area contributed by atoms with E-state index in [9.17, 15) is 4.79 Å². The number of nitrogens with one attached hydrogen (secondary N) is 2. The van der Waals surface area contributed by atoms with Crippen molar-refractivity contribution in [1.29, 1.82) is 0 Å². The summed E-state index contributed by atoms with van der Waals surface area (Å²) >= 11 is 0. The van der Waals surface area contributed by atoms with Crippen molar-refractivity contribution in [2.45, 2.75) is 39.3 Å². The lowest BCUT2D eigenvalue weighted by atomic mass is 10.00. The molecule has 0 saturated heterocycles. The summed E-state index contributed by atoms with van der Waals surface area (Å²) in [5.74, 6) is 2.35. The van der Waals surface area contributed by atoms with Crippen LogP contribution in [0.3, 0.4) is 0 Å². The largest absolute Gasteiger partial charge is 0.493 e. The number of para-hydroxylation sites is 1. The predicted molar refractivity (Wildman–Crippen MR) is 138 cm³/mol. The number of guanidine groups is 1. The third-order valence-electron chi connectivity index (χ3n) is 5.79. The van der Waals surface area contributed by atoms with Gasteiger partial charge in [-0.15, -0.1) is 24.0 Å². The molecule has 2 aromatic rings. The highest BCUT2D eigenvalue weighted by molar-refractivity contribution is 14.0. The average Bonchev–Trinajstić information content (AvgIpc) is 3.64.